The van der Waals surface area contributed by atoms with Gasteiger partial charge in [0.2, 0.25) is 5.91 Å². The van der Waals surface area contributed by atoms with Crippen molar-refractivity contribution in [2.45, 2.75) is 38.9 Å². The number of anilines is 1. The molecule has 6 nitrogen and oxygen atoms in total. The van der Waals surface area contributed by atoms with Crippen LogP contribution in [0, 0.1) is 0 Å². The van der Waals surface area contributed by atoms with Crippen molar-refractivity contribution >= 4 is 11.7 Å². The lowest BCUT2D eigenvalue weighted by Crippen LogP contribution is -2.26. The van der Waals surface area contributed by atoms with E-state index in [9.17, 15) is 18.0 Å². The smallest absolute Gasteiger partial charge is 0.292 e. The first-order valence-electron chi connectivity index (χ1n) is 11.2. The first kappa shape index (κ1) is 22.8. The molecular weight excluding hydrogens is 455 g/mol. The SMILES string of the molecule is CC(C)c1ccccc1-c1ncc2c(n1)N(Cc1ccc(-n3ccc(C(F)(F)F)n3)cc1)C(=O)C2. The summed E-state index contributed by atoms with van der Waals surface area (Å²) >= 11 is 0. The zero-order valence-corrected chi connectivity index (χ0v) is 19.1. The van der Waals surface area contributed by atoms with E-state index in [2.05, 4.69) is 30.0 Å². The van der Waals surface area contributed by atoms with Crippen LogP contribution < -0.4 is 4.90 Å². The Kier molecular flexibility index (Phi) is 5.62. The minimum Gasteiger partial charge on any atom is -0.292 e. The van der Waals surface area contributed by atoms with E-state index < -0.39 is 11.9 Å². The molecule has 9 heteroatoms. The van der Waals surface area contributed by atoms with Gasteiger partial charge in [-0.25, -0.2) is 14.6 Å². The van der Waals surface area contributed by atoms with Gasteiger partial charge in [0.25, 0.3) is 0 Å². The summed E-state index contributed by atoms with van der Waals surface area (Å²) in [6, 6.07) is 15.8. The maximum Gasteiger partial charge on any atom is 0.435 e. The summed E-state index contributed by atoms with van der Waals surface area (Å²) in [5.41, 5.74) is 3.20. The van der Waals surface area contributed by atoms with Gasteiger partial charge in [-0.05, 0) is 35.2 Å². The maximum atomic E-state index is 12.8. The minimum atomic E-state index is -4.49. The normalized spacial score (nSPS) is 13.5. The summed E-state index contributed by atoms with van der Waals surface area (Å²) in [7, 11) is 0. The zero-order chi connectivity index (χ0) is 24.7. The van der Waals surface area contributed by atoms with Crippen molar-refractivity contribution in [3.63, 3.8) is 0 Å². The molecular formula is C26H22F3N5O. The predicted molar refractivity (Wildman–Crippen MR) is 125 cm³/mol. The largest absolute Gasteiger partial charge is 0.435 e. The Morgan fingerprint density at radius 3 is 2.46 bits per heavy atom. The molecule has 0 aliphatic carbocycles. The number of hydrogen-bond acceptors (Lipinski definition) is 4. The summed E-state index contributed by atoms with van der Waals surface area (Å²) in [6.45, 7) is 4.51. The molecule has 0 spiro atoms. The van der Waals surface area contributed by atoms with E-state index in [0.717, 1.165) is 28.3 Å². The van der Waals surface area contributed by atoms with Crippen LogP contribution >= 0.6 is 0 Å². The van der Waals surface area contributed by atoms with Gasteiger partial charge in [0.1, 0.15) is 5.82 Å². The molecule has 5 rings (SSSR count). The van der Waals surface area contributed by atoms with Crippen molar-refractivity contribution in [1.29, 1.82) is 0 Å². The molecule has 1 amide bonds. The van der Waals surface area contributed by atoms with Gasteiger partial charge < -0.3 is 0 Å². The molecule has 35 heavy (non-hydrogen) atoms. The van der Waals surface area contributed by atoms with Crippen LogP contribution in [0.4, 0.5) is 19.0 Å². The van der Waals surface area contributed by atoms with Gasteiger partial charge in [0.15, 0.2) is 11.5 Å². The Balaban J connectivity index is 1.40. The average Bonchev–Trinajstić information content (AvgIpc) is 3.45. The number of carbonyl (C=O) groups is 1. The maximum absolute atomic E-state index is 12.8. The predicted octanol–water partition coefficient (Wildman–Crippen LogP) is 5.56. The number of aromatic nitrogens is 4. The number of alkyl halides is 3. The summed E-state index contributed by atoms with van der Waals surface area (Å²) in [4.78, 5) is 23.7. The Bertz CT molecular complexity index is 1390. The van der Waals surface area contributed by atoms with E-state index in [1.54, 1.807) is 35.4 Å². The molecule has 0 unspecified atom stereocenters. The van der Waals surface area contributed by atoms with E-state index >= 15 is 0 Å². The lowest BCUT2D eigenvalue weighted by Gasteiger charge is -2.18. The van der Waals surface area contributed by atoms with Gasteiger partial charge in [-0.2, -0.15) is 18.3 Å². The Labute approximate surface area is 200 Å². The quantitative estimate of drug-likeness (QED) is 0.378. The molecule has 4 aromatic rings. The molecule has 178 valence electrons. The summed E-state index contributed by atoms with van der Waals surface area (Å²) in [6.07, 6.45) is -1.28. The standard InChI is InChI=1S/C26H22F3N5O/c1-16(2)20-5-3-4-6-21(20)24-30-14-18-13-23(35)33(25(18)31-24)15-17-7-9-19(10-8-17)34-12-11-22(32-34)26(27,28)29/h3-12,14,16H,13,15H2,1-2H3. The van der Waals surface area contributed by atoms with Gasteiger partial charge in [-0.3, -0.25) is 9.69 Å². The number of hydrogen-bond donors (Lipinski definition) is 0. The lowest BCUT2D eigenvalue weighted by molar-refractivity contribution is -0.141. The van der Waals surface area contributed by atoms with Crippen molar-refractivity contribution in [2.24, 2.45) is 0 Å². The highest BCUT2D eigenvalue weighted by Gasteiger charge is 2.34. The Morgan fingerprint density at radius 1 is 1.03 bits per heavy atom. The zero-order valence-electron chi connectivity index (χ0n) is 19.1. The van der Waals surface area contributed by atoms with E-state index in [1.165, 1.54) is 10.9 Å². The van der Waals surface area contributed by atoms with Gasteiger partial charge in [-0.1, -0.05) is 50.2 Å². The monoisotopic (exact) mass is 477 g/mol. The van der Waals surface area contributed by atoms with Crippen molar-refractivity contribution in [1.82, 2.24) is 19.7 Å². The number of benzene rings is 2. The fraction of sp³-hybridized carbons (Fsp3) is 0.231. The number of amides is 1. The van der Waals surface area contributed by atoms with Crippen molar-refractivity contribution in [2.75, 3.05) is 4.90 Å². The summed E-state index contributed by atoms with van der Waals surface area (Å²) in [5, 5.41) is 3.59. The molecule has 1 aliphatic rings. The van der Waals surface area contributed by atoms with Crippen LogP contribution in [0.2, 0.25) is 0 Å². The van der Waals surface area contributed by atoms with E-state index in [1.807, 2.05) is 18.2 Å². The summed E-state index contributed by atoms with van der Waals surface area (Å²) < 4.78 is 39.7. The molecule has 0 bridgehead atoms. The number of fused-ring (bicyclic) bond motifs is 1. The molecule has 0 radical (unpaired) electrons. The van der Waals surface area contributed by atoms with Crippen molar-refractivity contribution < 1.29 is 18.0 Å². The molecule has 0 saturated heterocycles. The molecule has 0 fully saturated rings. The second kappa shape index (κ2) is 8.65. The van der Waals surface area contributed by atoms with Crippen LogP contribution in [-0.4, -0.2) is 25.7 Å². The third-order valence-corrected chi connectivity index (χ3v) is 5.98. The van der Waals surface area contributed by atoms with Crippen molar-refractivity contribution in [3.8, 4) is 17.1 Å². The van der Waals surface area contributed by atoms with Crippen LogP contribution in [0.5, 0.6) is 0 Å². The molecule has 3 heterocycles. The van der Waals surface area contributed by atoms with Crippen LogP contribution in [0.15, 0.2) is 67.0 Å². The van der Waals surface area contributed by atoms with Crippen LogP contribution in [0.25, 0.3) is 17.1 Å². The minimum absolute atomic E-state index is 0.0745. The third-order valence-electron chi connectivity index (χ3n) is 5.98. The van der Waals surface area contributed by atoms with E-state index in [0.29, 0.717) is 29.8 Å². The summed E-state index contributed by atoms with van der Waals surface area (Å²) in [5.74, 6) is 1.38. The molecule has 1 aliphatic heterocycles. The van der Waals surface area contributed by atoms with Crippen LogP contribution in [-0.2, 0) is 23.9 Å². The highest BCUT2D eigenvalue weighted by atomic mass is 19.4. The van der Waals surface area contributed by atoms with Crippen LogP contribution in [0.1, 0.15) is 42.1 Å². The molecule has 0 N–H and O–H groups in total. The number of nitrogens with zero attached hydrogens (tertiary/aromatic N) is 5. The first-order valence-corrected chi connectivity index (χ1v) is 11.2. The van der Waals surface area contributed by atoms with Gasteiger partial charge in [-0.15, -0.1) is 0 Å². The third kappa shape index (κ3) is 4.41. The Morgan fingerprint density at radius 2 is 1.77 bits per heavy atom. The topological polar surface area (TPSA) is 63.9 Å². The second-order valence-corrected chi connectivity index (χ2v) is 8.75. The van der Waals surface area contributed by atoms with Crippen molar-refractivity contribution in [3.05, 3.63) is 89.4 Å². The highest BCUT2D eigenvalue weighted by molar-refractivity contribution is 6.00. The van der Waals surface area contributed by atoms with Gasteiger partial charge in [0, 0.05) is 23.5 Å². The van der Waals surface area contributed by atoms with Gasteiger partial charge >= 0.3 is 6.18 Å². The van der Waals surface area contributed by atoms with Crippen LogP contribution in [0.3, 0.4) is 0 Å². The fourth-order valence-electron chi connectivity index (χ4n) is 4.19. The number of halogens is 3. The first-order chi connectivity index (χ1) is 16.7. The molecule has 2 aromatic heterocycles. The second-order valence-electron chi connectivity index (χ2n) is 8.75. The number of carbonyl (C=O) groups excluding carboxylic acids is 1. The van der Waals surface area contributed by atoms with Gasteiger partial charge in [0.05, 0.1) is 18.7 Å². The lowest BCUT2D eigenvalue weighted by atomic mass is 9.97. The molecule has 0 saturated carbocycles. The van der Waals surface area contributed by atoms with E-state index in [-0.39, 0.29) is 12.3 Å². The van der Waals surface area contributed by atoms with E-state index in [4.69, 9.17) is 4.98 Å². The molecule has 2 aromatic carbocycles. The number of rotatable bonds is 5. The fourth-order valence-corrected chi connectivity index (χ4v) is 4.19. The highest BCUT2D eigenvalue weighted by Crippen LogP contribution is 2.33. The average molecular weight is 477 g/mol. The Hall–Kier alpha value is -4.01. The molecule has 0 atom stereocenters.